The summed E-state index contributed by atoms with van der Waals surface area (Å²) in [4.78, 5) is 12.2. The van der Waals surface area contributed by atoms with Crippen LogP contribution in [0, 0.1) is 0 Å². The number of halogens is 1. The fraction of sp³-hybridized carbons (Fsp3) is 0.118. The Balaban J connectivity index is 1.70. The summed E-state index contributed by atoms with van der Waals surface area (Å²) in [6.45, 7) is -0.172. The van der Waals surface area contributed by atoms with Crippen molar-refractivity contribution in [2.24, 2.45) is 0 Å². The Morgan fingerprint density at radius 1 is 1.16 bits per heavy atom. The third-order valence-electron chi connectivity index (χ3n) is 3.36. The minimum absolute atomic E-state index is 0.172. The summed E-state index contributed by atoms with van der Waals surface area (Å²) in [5, 5.41) is 10.8. The number of hydrogen-bond donors (Lipinski definition) is 1. The molecule has 0 saturated carbocycles. The quantitative estimate of drug-likeness (QED) is 0.733. The van der Waals surface area contributed by atoms with Crippen LogP contribution in [0.1, 0.15) is 0 Å². The van der Waals surface area contributed by atoms with Gasteiger partial charge in [-0.3, -0.25) is 9.36 Å². The van der Waals surface area contributed by atoms with Crippen molar-refractivity contribution in [1.82, 2.24) is 14.8 Å². The lowest BCUT2D eigenvalue weighted by atomic mass is 10.3. The summed E-state index contributed by atoms with van der Waals surface area (Å²) in [7, 11) is 1.54. The van der Waals surface area contributed by atoms with E-state index in [0.717, 1.165) is 0 Å². The molecule has 0 saturated heterocycles. The average Bonchev–Trinajstić information content (AvgIpc) is 3.15. The first-order valence-corrected chi connectivity index (χ1v) is 7.75. The van der Waals surface area contributed by atoms with Gasteiger partial charge in [-0.1, -0.05) is 23.7 Å². The smallest absolute Gasteiger partial charge is 0.262 e. The predicted octanol–water partition coefficient (Wildman–Crippen LogP) is 2.95. The highest BCUT2D eigenvalue weighted by molar-refractivity contribution is 6.30. The van der Waals surface area contributed by atoms with Crippen molar-refractivity contribution in [3.8, 4) is 17.2 Å². The fourth-order valence-corrected chi connectivity index (χ4v) is 2.38. The second-order valence-corrected chi connectivity index (χ2v) is 5.45. The van der Waals surface area contributed by atoms with Gasteiger partial charge in [0.25, 0.3) is 5.91 Å². The molecule has 3 aromatic rings. The highest BCUT2D eigenvalue weighted by atomic mass is 35.5. The van der Waals surface area contributed by atoms with Gasteiger partial charge in [0.1, 0.15) is 24.2 Å². The number of amides is 1. The topological polar surface area (TPSA) is 78.3 Å². The molecule has 1 amide bonds. The molecule has 0 atom stereocenters. The van der Waals surface area contributed by atoms with Crippen LogP contribution in [0.2, 0.25) is 5.02 Å². The van der Waals surface area contributed by atoms with Crippen molar-refractivity contribution in [3.05, 3.63) is 60.1 Å². The number of anilines is 1. The van der Waals surface area contributed by atoms with E-state index in [2.05, 4.69) is 15.5 Å². The Labute approximate surface area is 149 Å². The highest BCUT2D eigenvalue weighted by Crippen LogP contribution is 2.27. The molecule has 0 unspecified atom stereocenters. The maximum absolute atomic E-state index is 12.2. The highest BCUT2D eigenvalue weighted by Gasteiger charge is 2.11. The van der Waals surface area contributed by atoms with Crippen LogP contribution in [0.5, 0.6) is 11.5 Å². The number of methoxy groups -OCH3 is 1. The molecule has 1 N–H and O–H groups in total. The summed E-state index contributed by atoms with van der Waals surface area (Å²) in [5.74, 6) is 0.751. The number of nitrogens with zero attached hydrogens (tertiary/aromatic N) is 3. The van der Waals surface area contributed by atoms with Crippen molar-refractivity contribution in [2.75, 3.05) is 19.0 Å². The second kappa shape index (κ2) is 7.67. The van der Waals surface area contributed by atoms with E-state index >= 15 is 0 Å². The zero-order chi connectivity index (χ0) is 17.6. The zero-order valence-electron chi connectivity index (χ0n) is 13.3. The Bertz CT molecular complexity index is 868. The molecule has 0 spiro atoms. The molecule has 25 heavy (non-hydrogen) atoms. The van der Waals surface area contributed by atoms with Gasteiger partial charge in [0, 0.05) is 5.02 Å². The monoisotopic (exact) mass is 358 g/mol. The average molecular weight is 359 g/mol. The Hall–Kier alpha value is -3.06. The van der Waals surface area contributed by atoms with Gasteiger partial charge in [-0.05, 0) is 30.3 Å². The van der Waals surface area contributed by atoms with Crippen molar-refractivity contribution in [1.29, 1.82) is 0 Å². The molecule has 0 aliphatic heterocycles. The lowest BCUT2D eigenvalue weighted by Crippen LogP contribution is -2.21. The molecular formula is C17H15ClN4O3. The number of carbonyl (C=O) groups is 1. The number of carbonyl (C=O) groups excluding carboxylic acids is 1. The number of aromatic nitrogens is 3. The largest absolute Gasteiger partial charge is 0.495 e. The number of rotatable bonds is 6. The second-order valence-electron chi connectivity index (χ2n) is 5.02. The number of nitrogens with one attached hydrogen (secondary N) is 1. The fourth-order valence-electron chi connectivity index (χ4n) is 2.22. The summed E-state index contributed by atoms with van der Waals surface area (Å²) in [5.41, 5.74) is 1.22. The van der Waals surface area contributed by atoms with E-state index in [1.807, 2.05) is 12.1 Å². The molecular weight excluding hydrogens is 344 g/mol. The first kappa shape index (κ1) is 16.8. The molecule has 8 heteroatoms. The van der Waals surface area contributed by atoms with Gasteiger partial charge in [-0.25, -0.2) is 0 Å². The molecule has 128 valence electrons. The van der Waals surface area contributed by atoms with Crippen LogP contribution in [-0.2, 0) is 4.79 Å². The van der Waals surface area contributed by atoms with Crippen molar-refractivity contribution in [2.45, 2.75) is 0 Å². The van der Waals surface area contributed by atoms with Crippen LogP contribution in [0.25, 0.3) is 5.69 Å². The maximum Gasteiger partial charge on any atom is 0.262 e. The normalized spacial score (nSPS) is 10.3. The Morgan fingerprint density at radius 2 is 1.92 bits per heavy atom. The molecule has 3 rings (SSSR count). The summed E-state index contributed by atoms with van der Waals surface area (Å²) >= 11 is 6.03. The van der Waals surface area contributed by atoms with E-state index in [-0.39, 0.29) is 12.5 Å². The molecule has 0 aliphatic rings. The lowest BCUT2D eigenvalue weighted by molar-refractivity contribution is -0.118. The van der Waals surface area contributed by atoms with Crippen LogP contribution >= 0.6 is 11.6 Å². The summed E-state index contributed by atoms with van der Waals surface area (Å²) in [6.07, 6.45) is 3.04. The SMILES string of the molecule is COc1ccccc1NC(=O)COc1ccc(Cl)cc1-n1cnnc1. The summed E-state index contributed by atoms with van der Waals surface area (Å²) < 4.78 is 12.5. The molecule has 1 heterocycles. The van der Waals surface area contributed by atoms with E-state index in [9.17, 15) is 4.79 Å². The number of ether oxygens (including phenoxy) is 2. The minimum atomic E-state index is -0.311. The van der Waals surface area contributed by atoms with Gasteiger partial charge < -0.3 is 14.8 Å². The minimum Gasteiger partial charge on any atom is -0.495 e. The van der Waals surface area contributed by atoms with E-state index in [4.69, 9.17) is 21.1 Å². The van der Waals surface area contributed by atoms with Crippen molar-refractivity contribution >= 4 is 23.2 Å². The number of hydrogen-bond acceptors (Lipinski definition) is 5. The maximum atomic E-state index is 12.2. The van der Waals surface area contributed by atoms with E-state index in [1.54, 1.807) is 42.0 Å². The van der Waals surface area contributed by atoms with E-state index < -0.39 is 0 Å². The lowest BCUT2D eigenvalue weighted by Gasteiger charge is -2.13. The number of para-hydroxylation sites is 2. The molecule has 0 aliphatic carbocycles. The molecule has 2 aromatic carbocycles. The van der Waals surface area contributed by atoms with Crippen LogP contribution in [0.3, 0.4) is 0 Å². The van der Waals surface area contributed by atoms with E-state index in [0.29, 0.717) is 27.9 Å². The summed E-state index contributed by atoms with van der Waals surface area (Å²) in [6, 6.07) is 12.2. The molecule has 7 nitrogen and oxygen atoms in total. The van der Waals surface area contributed by atoms with Gasteiger partial charge in [0.2, 0.25) is 0 Å². The van der Waals surface area contributed by atoms with Crippen molar-refractivity contribution in [3.63, 3.8) is 0 Å². The van der Waals surface area contributed by atoms with E-state index in [1.165, 1.54) is 12.7 Å². The third-order valence-corrected chi connectivity index (χ3v) is 3.59. The first-order valence-electron chi connectivity index (χ1n) is 7.37. The van der Waals surface area contributed by atoms with Crippen LogP contribution in [0.4, 0.5) is 5.69 Å². The predicted molar refractivity (Wildman–Crippen MR) is 93.5 cm³/mol. The van der Waals surface area contributed by atoms with Gasteiger partial charge in [0.15, 0.2) is 6.61 Å². The third kappa shape index (κ3) is 4.07. The standard InChI is InChI=1S/C17H15ClN4O3/c1-24-15-5-3-2-4-13(15)21-17(23)9-25-16-7-6-12(18)8-14(16)22-10-19-20-11-22/h2-8,10-11H,9H2,1H3,(H,21,23). The van der Waals surface area contributed by atoms with Crippen molar-refractivity contribution < 1.29 is 14.3 Å². The Kier molecular flexibility index (Phi) is 5.15. The van der Waals surface area contributed by atoms with Crippen LogP contribution in [-0.4, -0.2) is 34.4 Å². The first-order chi connectivity index (χ1) is 12.2. The molecule has 1 aromatic heterocycles. The van der Waals surface area contributed by atoms with Crippen LogP contribution < -0.4 is 14.8 Å². The zero-order valence-corrected chi connectivity index (χ0v) is 14.1. The van der Waals surface area contributed by atoms with Gasteiger partial charge in [-0.15, -0.1) is 10.2 Å². The Morgan fingerprint density at radius 3 is 2.68 bits per heavy atom. The molecule has 0 radical (unpaired) electrons. The van der Waals surface area contributed by atoms with Gasteiger partial charge in [-0.2, -0.15) is 0 Å². The van der Waals surface area contributed by atoms with Crippen LogP contribution in [0.15, 0.2) is 55.1 Å². The van der Waals surface area contributed by atoms with Gasteiger partial charge >= 0.3 is 0 Å². The van der Waals surface area contributed by atoms with Gasteiger partial charge in [0.05, 0.1) is 18.5 Å². The molecule has 0 fully saturated rings. The molecule has 0 bridgehead atoms. The number of benzene rings is 2.